The highest BCUT2D eigenvalue weighted by atomic mass is 32.2. The van der Waals surface area contributed by atoms with E-state index in [4.69, 9.17) is 5.11 Å². The second-order valence-electron chi connectivity index (χ2n) is 4.95. The van der Waals surface area contributed by atoms with Crippen molar-refractivity contribution in [2.24, 2.45) is 11.8 Å². The van der Waals surface area contributed by atoms with Crippen molar-refractivity contribution in [3.05, 3.63) is 24.3 Å². The predicted octanol–water partition coefficient (Wildman–Crippen LogP) is 1.73. The van der Waals surface area contributed by atoms with Gasteiger partial charge in [0, 0.05) is 5.69 Å². The van der Waals surface area contributed by atoms with Crippen LogP contribution >= 0.6 is 0 Å². The summed E-state index contributed by atoms with van der Waals surface area (Å²) < 4.78 is 47.7. The van der Waals surface area contributed by atoms with Crippen LogP contribution in [0.15, 0.2) is 29.2 Å². The Bertz CT molecular complexity index is 704. The summed E-state index contributed by atoms with van der Waals surface area (Å²) in [5, 5.41) is 11.3. The summed E-state index contributed by atoms with van der Waals surface area (Å²) in [5.74, 6) is -6.66. The van der Waals surface area contributed by atoms with E-state index in [1.54, 1.807) is 0 Å². The molecule has 9 heteroatoms. The van der Waals surface area contributed by atoms with E-state index in [1.165, 1.54) is 12.1 Å². The Hall–Kier alpha value is -2.03. The van der Waals surface area contributed by atoms with Crippen LogP contribution in [0.4, 0.5) is 14.5 Å². The van der Waals surface area contributed by atoms with E-state index in [9.17, 15) is 26.8 Å². The molecular formula is C13H13F2NO5S. The first-order valence-electron chi connectivity index (χ1n) is 6.39. The van der Waals surface area contributed by atoms with Crippen LogP contribution in [0.25, 0.3) is 0 Å². The van der Waals surface area contributed by atoms with Gasteiger partial charge < -0.3 is 10.4 Å². The molecule has 6 nitrogen and oxygen atoms in total. The van der Waals surface area contributed by atoms with Gasteiger partial charge >= 0.3 is 11.7 Å². The molecule has 1 aliphatic carbocycles. The molecule has 2 rings (SSSR count). The Morgan fingerprint density at radius 1 is 1.23 bits per heavy atom. The fourth-order valence-corrected chi connectivity index (χ4v) is 2.96. The second-order valence-corrected chi connectivity index (χ2v) is 6.87. The Labute approximate surface area is 125 Å². The molecule has 0 aliphatic heterocycles. The molecule has 1 saturated carbocycles. The van der Waals surface area contributed by atoms with Gasteiger partial charge in [0.25, 0.3) is 0 Å². The molecule has 22 heavy (non-hydrogen) atoms. The molecule has 1 aromatic rings. The van der Waals surface area contributed by atoms with Gasteiger partial charge in [-0.25, -0.2) is 8.42 Å². The maximum atomic E-state index is 12.5. The first kappa shape index (κ1) is 16.3. The van der Waals surface area contributed by atoms with E-state index in [-0.39, 0.29) is 5.69 Å². The standard InChI is InChI=1S/C13H13F2NO5S/c14-13(15)22(20,21)8-3-1-2-7(6-8)16-11(17)9-4-5-10(9)12(18)19/h1-3,6,9-10,13H,4-5H2,(H,16,17)(H,18,19). The number of carbonyl (C=O) groups excluding carboxylic acids is 1. The van der Waals surface area contributed by atoms with Gasteiger partial charge in [-0.2, -0.15) is 8.78 Å². The smallest absolute Gasteiger partial charge is 0.341 e. The third kappa shape index (κ3) is 3.08. The number of alkyl halides is 2. The number of anilines is 1. The summed E-state index contributed by atoms with van der Waals surface area (Å²) in [6.07, 6.45) is 0.811. The lowest BCUT2D eigenvalue weighted by atomic mass is 9.73. The summed E-state index contributed by atoms with van der Waals surface area (Å²) in [4.78, 5) is 22.2. The SMILES string of the molecule is O=C(O)C1CCC1C(=O)Nc1cccc(S(=O)(=O)C(F)F)c1. The first-order valence-corrected chi connectivity index (χ1v) is 7.94. The highest BCUT2D eigenvalue weighted by Gasteiger charge is 2.41. The summed E-state index contributed by atoms with van der Waals surface area (Å²) in [6, 6.07) is 4.49. The van der Waals surface area contributed by atoms with Crippen molar-refractivity contribution < 1.29 is 31.9 Å². The van der Waals surface area contributed by atoms with E-state index in [0.29, 0.717) is 12.8 Å². The zero-order chi connectivity index (χ0) is 16.5. The lowest BCUT2D eigenvalue weighted by Gasteiger charge is -2.31. The Kier molecular flexibility index (Phi) is 4.45. The maximum absolute atomic E-state index is 12.5. The van der Waals surface area contributed by atoms with E-state index in [1.807, 2.05) is 0 Å². The highest BCUT2D eigenvalue weighted by Crippen LogP contribution is 2.35. The van der Waals surface area contributed by atoms with Gasteiger partial charge in [0.05, 0.1) is 16.7 Å². The van der Waals surface area contributed by atoms with E-state index in [0.717, 1.165) is 12.1 Å². The van der Waals surface area contributed by atoms with Crippen molar-refractivity contribution in [2.45, 2.75) is 23.5 Å². The molecule has 120 valence electrons. The lowest BCUT2D eigenvalue weighted by molar-refractivity contribution is -0.151. The molecule has 1 aliphatic rings. The maximum Gasteiger partial charge on any atom is 0.341 e. The largest absolute Gasteiger partial charge is 0.481 e. The summed E-state index contributed by atoms with van der Waals surface area (Å²) in [6.45, 7) is 0. The third-order valence-electron chi connectivity index (χ3n) is 3.59. The van der Waals surface area contributed by atoms with Crippen molar-refractivity contribution in [3.8, 4) is 0 Å². The van der Waals surface area contributed by atoms with Crippen molar-refractivity contribution in [2.75, 3.05) is 5.32 Å². The van der Waals surface area contributed by atoms with Crippen LogP contribution in [-0.4, -0.2) is 31.2 Å². The highest BCUT2D eigenvalue weighted by molar-refractivity contribution is 7.91. The normalized spacial score (nSPS) is 21.2. The summed E-state index contributed by atoms with van der Waals surface area (Å²) in [5.41, 5.74) is 0.0303. The van der Waals surface area contributed by atoms with E-state index < -0.39 is 44.2 Å². The monoisotopic (exact) mass is 333 g/mol. The number of rotatable bonds is 5. The molecule has 2 N–H and O–H groups in total. The molecule has 0 spiro atoms. The summed E-state index contributed by atoms with van der Waals surface area (Å²) >= 11 is 0. The molecule has 2 atom stereocenters. The van der Waals surface area contributed by atoms with Crippen LogP contribution in [0.2, 0.25) is 0 Å². The quantitative estimate of drug-likeness (QED) is 0.855. The van der Waals surface area contributed by atoms with Crippen LogP contribution in [0.1, 0.15) is 12.8 Å². The Balaban J connectivity index is 2.15. The zero-order valence-electron chi connectivity index (χ0n) is 11.2. The molecular weight excluding hydrogens is 320 g/mol. The molecule has 0 radical (unpaired) electrons. The number of carboxylic acids is 1. The average molecular weight is 333 g/mol. The van der Waals surface area contributed by atoms with Crippen molar-refractivity contribution in [3.63, 3.8) is 0 Å². The number of benzene rings is 1. The van der Waals surface area contributed by atoms with Crippen LogP contribution in [0.5, 0.6) is 0 Å². The van der Waals surface area contributed by atoms with Gasteiger partial charge in [-0.05, 0) is 31.0 Å². The van der Waals surface area contributed by atoms with E-state index in [2.05, 4.69) is 5.32 Å². The van der Waals surface area contributed by atoms with E-state index >= 15 is 0 Å². The van der Waals surface area contributed by atoms with Gasteiger partial charge in [0.15, 0.2) is 0 Å². The van der Waals surface area contributed by atoms with Crippen molar-refractivity contribution in [1.82, 2.24) is 0 Å². The molecule has 1 amide bonds. The third-order valence-corrected chi connectivity index (χ3v) is 4.97. The Morgan fingerprint density at radius 3 is 2.36 bits per heavy atom. The summed E-state index contributed by atoms with van der Waals surface area (Å²) in [7, 11) is -4.75. The number of amides is 1. The molecule has 2 unspecified atom stereocenters. The molecule has 0 bridgehead atoms. The number of hydrogen-bond donors (Lipinski definition) is 2. The van der Waals surface area contributed by atoms with Gasteiger partial charge in [0.2, 0.25) is 15.7 Å². The number of aliphatic carboxylic acids is 1. The number of hydrogen-bond acceptors (Lipinski definition) is 4. The zero-order valence-corrected chi connectivity index (χ0v) is 12.0. The minimum Gasteiger partial charge on any atom is -0.481 e. The molecule has 1 aromatic carbocycles. The first-order chi connectivity index (χ1) is 10.2. The fraction of sp³-hybridized carbons (Fsp3) is 0.385. The Morgan fingerprint density at radius 2 is 1.86 bits per heavy atom. The van der Waals surface area contributed by atoms with Crippen LogP contribution < -0.4 is 5.32 Å². The average Bonchev–Trinajstić information content (AvgIpc) is 2.36. The number of carboxylic acid groups (broad SMARTS) is 1. The number of carbonyl (C=O) groups is 2. The van der Waals surface area contributed by atoms with Gasteiger partial charge in [-0.15, -0.1) is 0 Å². The van der Waals surface area contributed by atoms with Crippen molar-refractivity contribution >= 4 is 27.4 Å². The number of nitrogens with one attached hydrogen (secondary N) is 1. The second kappa shape index (κ2) is 5.99. The predicted molar refractivity (Wildman–Crippen MR) is 72.1 cm³/mol. The lowest BCUT2D eigenvalue weighted by Crippen LogP contribution is -2.41. The minimum absolute atomic E-state index is 0.0303. The van der Waals surface area contributed by atoms with Crippen molar-refractivity contribution in [1.29, 1.82) is 0 Å². The van der Waals surface area contributed by atoms with Gasteiger partial charge in [-0.3, -0.25) is 9.59 Å². The fourth-order valence-electron chi connectivity index (χ4n) is 2.20. The van der Waals surface area contributed by atoms with Crippen LogP contribution in [-0.2, 0) is 19.4 Å². The molecule has 1 fully saturated rings. The van der Waals surface area contributed by atoms with Gasteiger partial charge in [0.1, 0.15) is 0 Å². The minimum atomic E-state index is -4.75. The molecule has 0 heterocycles. The molecule has 0 saturated heterocycles. The number of sulfone groups is 1. The van der Waals surface area contributed by atoms with Crippen LogP contribution in [0.3, 0.4) is 0 Å². The van der Waals surface area contributed by atoms with Crippen LogP contribution in [0, 0.1) is 11.8 Å². The molecule has 0 aromatic heterocycles. The number of halogens is 2. The van der Waals surface area contributed by atoms with Gasteiger partial charge in [-0.1, -0.05) is 6.07 Å². The topological polar surface area (TPSA) is 101 Å².